The van der Waals surface area contributed by atoms with Crippen LogP contribution in [0.3, 0.4) is 0 Å². The van der Waals surface area contributed by atoms with Gasteiger partial charge in [0.2, 0.25) is 0 Å². The van der Waals surface area contributed by atoms with E-state index in [2.05, 4.69) is 6.92 Å². The highest BCUT2D eigenvalue weighted by Gasteiger charge is 2.10. The lowest BCUT2D eigenvalue weighted by atomic mass is 10.0. The number of rotatable bonds is 17. The Bertz CT molecular complexity index is 410. The van der Waals surface area contributed by atoms with E-state index in [1.807, 2.05) is 6.08 Å². The molecule has 2 N–H and O–H groups in total. The standard InChI is InChI=1S/C21H36O4/c1-2-3-4-5-6-7-8-9-10-11-12-13-14-15-16-17-19(21(24)25)18-20(22)23/h15-17H,2-14,18H2,1H3,(H,22,23)(H,24,25). The Balaban J connectivity index is 3.51. The quantitative estimate of drug-likeness (QED) is 0.188. The minimum atomic E-state index is -1.17. The van der Waals surface area contributed by atoms with E-state index in [1.165, 1.54) is 76.7 Å². The molecule has 144 valence electrons. The maximum Gasteiger partial charge on any atom is 0.332 e. The fraction of sp³-hybridized carbons (Fsp3) is 0.714. The van der Waals surface area contributed by atoms with Crippen LogP contribution in [0.1, 0.15) is 96.8 Å². The van der Waals surface area contributed by atoms with Crippen LogP contribution in [0.4, 0.5) is 0 Å². The van der Waals surface area contributed by atoms with Crippen LogP contribution in [0.25, 0.3) is 0 Å². The predicted octanol–water partition coefficient (Wildman–Crippen LogP) is 6.12. The van der Waals surface area contributed by atoms with E-state index < -0.39 is 18.4 Å². The largest absolute Gasteiger partial charge is 0.481 e. The summed E-state index contributed by atoms with van der Waals surface area (Å²) in [4.78, 5) is 21.4. The normalized spacial score (nSPS) is 12.0. The maximum atomic E-state index is 10.8. The predicted molar refractivity (Wildman–Crippen MR) is 103 cm³/mol. The molecule has 0 atom stereocenters. The molecule has 0 aliphatic carbocycles. The monoisotopic (exact) mass is 352 g/mol. The summed E-state index contributed by atoms with van der Waals surface area (Å²) in [5.74, 6) is -2.29. The van der Waals surface area contributed by atoms with E-state index >= 15 is 0 Å². The smallest absolute Gasteiger partial charge is 0.332 e. The Morgan fingerprint density at radius 3 is 1.68 bits per heavy atom. The summed E-state index contributed by atoms with van der Waals surface area (Å²) in [6, 6.07) is 0. The summed E-state index contributed by atoms with van der Waals surface area (Å²) in [5.41, 5.74) is -0.0848. The third-order valence-electron chi connectivity index (χ3n) is 4.27. The van der Waals surface area contributed by atoms with Gasteiger partial charge in [-0.15, -0.1) is 0 Å². The Morgan fingerprint density at radius 2 is 1.24 bits per heavy atom. The van der Waals surface area contributed by atoms with E-state index in [9.17, 15) is 9.59 Å². The average Bonchev–Trinajstić information content (AvgIpc) is 2.56. The molecular weight excluding hydrogens is 316 g/mol. The van der Waals surface area contributed by atoms with E-state index in [-0.39, 0.29) is 5.57 Å². The highest BCUT2D eigenvalue weighted by atomic mass is 16.4. The van der Waals surface area contributed by atoms with Gasteiger partial charge in [-0.05, 0) is 12.8 Å². The van der Waals surface area contributed by atoms with Gasteiger partial charge in [-0.25, -0.2) is 4.79 Å². The molecule has 0 radical (unpaired) electrons. The van der Waals surface area contributed by atoms with E-state index in [0.717, 1.165) is 12.8 Å². The molecule has 0 saturated carbocycles. The second-order valence-corrected chi connectivity index (χ2v) is 6.67. The molecule has 0 saturated heterocycles. The molecule has 0 amide bonds. The first-order valence-electron chi connectivity index (χ1n) is 9.88. The van der Waals surface area contributed by atoms with Gasteiger partial charge in [0.05, 0.1) is 6.42 Å². The molecule has 0 bridgehead atoms. The summed E-state index contributed by atoms with van der Waals surface area (Å²) in [7, 11) is 0. The van der Waals surface area contributed by atoms with Gasteiger partial charge >= 0.3 is 11.9 Å². The molecule has 4 nitrogen and oxygen atoms in total. The highest BCUT2D eigenvalue weighted by molar-refractivity contribution is 5.92. The molecular formula is C21H36O4. The molecule has 25 heavy (non-hydrogen) atoms. The Hall–Kier alpha value is -1.58. The van der Waals surface area contributed by atoms with Crippen molar-refractivity contribution in [2.24, 2.45) is 0 Å². The highest BCUT2D eigenvalue weighted by Crippen LogP contribution is 2.12. The van der Waals surface area contributed by atoms with Gasteiger partial charge in [-0.1, -0.05) is 95.8 Å². The zero-order chi connectivity index (χ0) is 18.8. The van der Waals surface area contributed by atoms with Crippen LogP contribution in [-0.4, -0.2) is 22.2 Å². The van der Waals surface area contributed by atoms with Crippen molar-refractivity contribution in [3.05, 3.63) is 23.8 Å². The molecule has 0 spiro atoms. The number of carboxylic acid groups (broad SMARTS) is 2. The summed E-state index contributed by atoms with van der Waals surface area (Å²) >= 11 is 0. The lowest BCUT2D eigenvalue weighted by Gasteiger charge is -2.02. The number of carboxylic acids is 2. The lowest BCUT2D eigenvalue weighted by Crippen LogP contribution is -2.06. The fourth-order valence-corrected chi connectivity index (χ4v) is 2.75. The van der Waals surface area contributed by atoms with Crippen molar-refractivity contribution in [3.8, 4) is 0 Å². The summed E-state index contributed by atoms with van der Waals surface area (Å²) in [5, 5.41) is 17.5. The minimum absolute atomic E-state index is 0.0848. The molecule has 0 aromatic carbocycles. The van der Waals surface area contributed by atoms with Crippen LogP contribution >= 0.6 is 0 Å². The second-order valence-electron chi connectivity index (χ2n) is 6.67. The summed E-state index contributed by atoms with van der Waals surface area (Å²) in [6.07, 6.45) is 21.2. The van der Waals surface area contributed by atoms with Crippen molar-refractivity contribution in [2.75, 3.05) is 0 Å². The number of carbonyl (C=O) groups is 2. The van der Waals surface area contributed by atoms with Gasteiger partial charge in [0, 0.05) is 5.57 Å². The van der Waals surface area contributed by atoms with E-state index in [4.69, 9.17) is 10.2 Å². The second kappa shape index (κ2) is 17.2. The van der Waals surface area contributed by atoms with Gasteiger partial charge in [0.15, 0.2) is 0 Å². The number of hydrogen-bond acceptors (Lipinski definition) is 2. The van der Waals surface area contributed by atoms with Gasteiger partial charge < -0.3 is 10.2 Å². The topological polar surface area (TPSA) is 74.6 Å². The molecule has 0 fully saturated rings. The van der Waals surface area contributed by atoms with Crippen LogP contribution in [0.5, 0.6) is 0 Å². The van der Waals surface area contributed by atoms with Crippen molar-refractivity contribution < 1.29 is 19.8 Å². The minimum Gasteiger partial charge on any atom is -0.481 e. The molecule has 0 unspecified atom stereocenters. The van der Waals surface area contributed by atoms with Crippen molar-refractivity contribution in [3.63, 3.8) is 0 Å². The lowest BCUT2D eigenvalue weighted by molar-refractivity contribution is -0.139. The van der Waals surface area contributed by atoms with Crippen LogP contribution in [-0.2, 0) is 9.59 Å². The molecule has 0 aromatic heterocycles. The van der Waals surface area contributed by atoms with Crippen molar-refractivity contribution in [2.45, 2.75) is 96.8 Å². The number of hydrogen-bond donors (Lipinski definition) is 2. The molecule has 0 heterocycles. The van der Waals surface area contributed by atoms with Crippen LogP contribution < -0.4 is 0 Å². The van der Waals surface area contributed by atoms with Gasteiger partial charge in [0.25, 0.3) is 0 Å². The number of allylic oxidation sites excluding steroid dienone is 3. The first kappa shape index (κ1) is 23.4. The summed E-state index contributed by atoms with van der Waals surface area (Å²) < 4.78 is 0. The molecule has 4 heteroatoms. The van der Waals surface area contributed by atoms with E-state index in [1.54, 1.807) is 6.08 Å². The van der Waals surface area contributed by atoms with Crippen molar-refractivity contribution in [1.82, 2.24) is 0 Å². The Morgan fingerprint density at radius 1 is 0.760 bits per heavy atom. The third kappa shape index (κ3) is 17.0. The molecule has 0 aliphatic rings. The van der Waals surface area contributed by atoms with Crippen molar-refractivity contribution in [1.29, 1.82) is 0 Å². The van der Waals surface area contributed by atoms with Crippen molar-refractivity contribution >= 4 is 11.9 Å². The van der Waals surface area contributed by atoms with Crippen LogP contribution in [0.2, 0.25) is 0 Å². The average molecular weight is 353 g/mol. The van der Waals surface area contributed by atoms with Crippen LogP contribution in [0.15, 0.2) is 23.8 Å². The third-order valence-corrected chi connectivity index (χ3v) is 4.27. The first-order chi connectivity index (χ1) is 12.1. The van der Waals surface area contributed by atoms with Crippen LogP contribution in [0, 0.1) is 0 Å². The number of unbranched alkanes of at least 4 members (excludes halogenated alkanes) is 12. The zero-order valence-corrected chi connectivity index (χ0v) is 15.8. The Kier molecular flexibility index (Phi) is 16.2. The zero-order valence-electron chi connectivity index (χ0n) is 15.8. The first-order valence-corrected chi connectivity index (χ1v) is 9.88. The molecule has 0 aromatic rings. The van der Waals surface area contributed by atoms with Gasteiger partial charge in [0.1, 0.15) is 0 Å². The Labute approximate surface area is 153 Å². The molecule has 0 aliphatic heterocycles. The number of aliphatic carboxylic acids is 2. The summed E-state index contributed by atoms with van der Waals surface area (Å²) in [6.45, 7) is 2.25. The fourth-order valence-electron chi connectivity index (χ4n) is 2.75. The van der Waals surface area contributed by atoms with Gasteiger partial charge in [-0.3, -0.25) is 4.79 Å². The SMILES string of the molecule is CCCCCCCCCCCCCCC=CC=C(CC(=O)O)C(=O)O. The maximum absolute atomic E-state index is 10.8. The van der Waals surface area contributed by atoms with E-state index in [0.29, 0.717) is 0 Å². The van der Waals surface area contributed by atoms with Gasteiger partial charge in [-0.2, -0.15) is 0 Å². The molecule has 0 rings (SSSR count).